The van der Waals surface area contributed by atoms with Crippen LogP contribution in [-0.4, -0.2) is 35.5 Å². The van der Waals surface area contributed by atoms with Gasteiger partial charge in [0.05, 0.1) is 23.7 Å². The minimum absolute atomic E-state index is 0.00959. The molecule has 1 fully saturated rings. The van der Waals surface area contributed by atoms with Gasteiger partial charge in [-0.3, -0.25) is 4.79 Å². The minimum Gasteiger partial charge on any atom is -0.469 e. The van der Waals surface area contributed by atoms with Gasteiger partial charge in [0.2, 0.25) is 0 Å². The van der Waals surface area contributed by atoms with Gasteiger partial charge in [-0.05, 0) is 63.5 Å². The Kier molecular flexibility index (Phi) is 9.60. The molecule has 2 N–H and O–H groups in total. The number of methoxy groups -OCH3 is 1. The summed E-state index contributed by atoms with van der Waals surface area (Å²) in [5.41, 5.74) is 1.18. The van der Waals surface area contributed by atoms with Crippen LogP contribution in [0.3, 0.4) is 0 Å². The SMILES string of the molecule is COC(=O)CCC/C=C\CC1=CC[C@@H](O)[C@@H]1/C=C/CC(O)C1(Cc2ccc(Cl)s2)CCC1. The molecule has 4 nitrogen and oxygen atoms in total. The molecule has 1 heterocycles. The molecular formula is C26H35ClO4S. The van der Waals surface area contributed by atoms with Crippen molar-refractivity contribution in [2.75, 3.05) is 7.11 Å². The van der Waals surface area contributed by atoms with Gasteiger partial charge in [-0.1, -0.05) is 54.0 Å². The molecule has 1 saturated carbocycles. The van der Waals surface area contributed by atoms with Crippen molar-refractivity contribution in [3.8, 4) is 0 Å². The van der Waals surface area contributed by atoms with E-state index < -0.39 is 6.10 Å². The van der Waals surface area contributed by atoms with E-state index in [4.69, 9.17) is 11.6 Å². The van der Waals surface area contributed by atoms with E-state index in [0.29, 0.717) is 19.3 Å². The number of halogens is 1. The highest BCUT2D eigenvalue weighted by molar-refractivity contribution is 7.16. The Morgan fingerprint density at radius 3 is 2.81 bits per heavy atom. The second-order valence-electron chi connectivity index (χ2n) is 9.03. The largest absolute Gasteiger partial charge is 0.469 e. The van der Waals surface area contributed by atoms with Gasteiger partial charge >= 0.3 is 5.97 Å². The zero-order chi connectivity index (χ0) is 23.0. The molecular weight excluding hydrogens is 444 g/mol. The Morgan fingerprint density at radius 2 is 2.16 bits per heavy atom. The number of carbonyl (C=O) groups is 1. The number of aliphatic hydroxyl groups is 2. The lowest BCUT2D eigenvalue weighted by atomic mass is 9.62. The Morgan fingerprint density at radius 1 is 1.34 bits per heavy atom. The number of hydrogen-bond donors (Lipinski definition) is 2. The number of rotatable bonds is 12. The lowest BCUT2D eigenvalue weighted by molar-refractivity contribution is -0.140. The number of ether oxygens (including phenoxy) is 1. The number of unbranched alkanes of at least 4 members (excludes halogenated alkanes) is 1. The number of thiophene rings is 1. The summed E-state index contributed by atoms with van der Waals surface area (Å²) >= 11 is 7.69. The number of esters is 1. The molecule has 3 rings (SSSR count). The second kappa shape index (κ2) is 12.2. The maximum Gasteiger partial charge on any atom is 0.305 e. The number of allylic oxidation sites excluding steroid dienone is 2. The topological polar surface area (TPSA) is 66.8 Å². The molecule has 32 heavy (non-hydrogen) atoms. The van der Waals surface area contributed by atoms with Gasteiger partial charge in [0.25, 0.3) is 0 Å². The van der Waals surface area contributed by atoms with Crippen molar-refractivity contribution < 1.29 is 19.7 Å². The van der Waals surface area contributed by atoms with Crippen molar-refractivity contribution in [3.63, 3.8) is 0 Å². The summed E-state index contributed by atoms with van der Waals surface area (Å²) in [5, 5.41) is 21.4. The molecule has 0 saturated heterocycles. The van der Waals surface area contributed by atoms with E-state index in [1.54, 1.807) is 11.3 Å². The molecule has 0 spiro atoms. The molecule has 0 bridgehead atoms. The van der Waals surface area contributed by atoms with E-state index in [1.807, 2.05) is 6.07 Å². The molecule has 0 amide bonds. The summed E-state index contributed by atoms with van der Waals surface area (Å²) in [4.78, 5) is 12.4. The Bertz CT molecular complexity index is 837. The minimum atomic E-state index is -0.392. The summed E-state index contributed by atoms with van der Waals surface area (Å²) in [6, 6.07) is 4.01. The van der Waals surface area contributed by atoms with Gasteiger partial charge in [0, 0.05) is 22.6 Å². The highest BCUT2D eigenvalue weighted by Crippen LogP contribution is 2.48. The molecule has 3 atom stereocenters. The summed E-state index contributed by atoms with van der Waals surface area (Å²) in [7, 11) is 1.41. The molecule has 0 aliphatic heterocycles. The van der Waals surface area contributed by atoms with Crippen LogP contribution in [0.2, 0.25) is 4.34 Å². The molecule has 2 aliphatic carbocycles. The first-order chi connectivity index (χ1) is 15.4. The molecule has 0 radical (unpaired) electrons. The quantitative estimate of drug-likeness (QED) is 0.219. The summed E-state index contributed by atoms with van der Waals surface area (Å²) in [6.45, 7) is 0. The fourth-order valence-corrected chi connectivity index (χ4v) is 5.98. The predicted molar refractivity (Wildman–Crippen MR) is 131 cm³/mol. The van der Waals surface area contributed by atoms with Gasteiger partial charge in [-0.2, -0.15) is 0 Å². The van der Waals surface area contributed by atoms with E-state index >= 15 is 0 Å². The normalized spacial score (nSPS) is 23.4. The monoisotopic (exact) mass is 478 g/mol. The molecule has 0 aromatic carbocycles. The number of hydrogen-bond acceptors (Lipinski definition) is 5. The first kappa shape index (κ1) is 25.2. The van der Waals surface area contributed by atoms with Gasteiger partial charge in [0.15, 0.2) is 0 Å². The molecule has 1 aromatic heterocycles. The van der Waals surface area contributed by atoms with Gasteiger partial charge < -0.3 is 14.9 Å². The number of carbonyl (C=O) groups excluding carboxylic acids is 1. The summed E-state index contributed by atoms with van der Waals surface area (Å²) in [5.74, 6) is -0.161. The average molecular weight is 479 g/mol. The van der Waals surface area contributed by atoms with Crippen LogP contribution in [0.15, 0.2) is 48.1 Å². The Hall–Kier alpha value is -1.40. The van der Waals surface area contributed by atoms with Crippen LogP contribution < -0.4 is 0 Å². The standard InChI is InChI=1S/C26H35ClO4S/c1-31-25(30)11-5-3-2-4-8-19-12-14-22(28)21(19)9-6-10-23(29)26(16-7-17-26)18-20-13-15-24(27)32-20/h2,4,6,9,12-13,15,21-23,28-29H,3,5,7-8,10-11,14,16-18H2,1H3/b4-2-,9-6+/t21-,22-,23?/m1/s1. The third kappa shape index (κ3) is 6.80. The van der Waals surface area contributed by atoms with Gasteiger partial charge in [-0.15, -0.1) is 11.3 Å². The highest BCUT2D eigenvalue weighted by atomic mass is 35.5. The average Bonchev–Trinajstić information content (AvgIpc) is 3.32. The van der Waals surface area contributed by atoms with Crippen LogP contribution in [-0.2, 0) is 16.0 Å². The van der Waals surface area contributed by atoms with Crippen LogP contribution >= 0.6 is 22.9 Å². The molecule has 176 valence electrons. The van der Waals surface area contributed by atoms with Crippen molar-refractivity contribution in [1.29, 1.82) is 0 Å². The maximum atomic E-state index is 11.1. The lowest BCUT2D eigenvalue weighted by Gasteiger charge is -2.45. The lowest BCUT2D eigenvalue weighted by Crippen LogP contribution is -2.42. The second-order valence-corrected chi connectivity index (χ2v) is 10.8. The van der Waals surface area contributed by atoms with Crippen LogP contribution in [0.25, 0.3) is 0 Å². The fraction of sp³-hybridized carbons (Fsp3) is 0.577. The Labute approximate surface area is 200 Å². The van der Waals surface area contributed by atoms with Crippen LogP contribution in [0.4, 0.5) is 0 Å². The zero-order valence-corrected chi connectivity index (χ0v) is 20.4. The first-order valence-electron chi connectivity index (χ1n) is 11.6. The van der Waals surface area contributed by atoms with E-state index in [0.717, 1.165) is 42.9 Å². The fourth-order valence-electron chi connectivity index (χ4n) is 4.73. The molecule has 1 aromatic rings. The maximum absolute atomic E-state index is 11.1. The van der Waals surface area contributed by atoms with Gasteiger partial charge in [0.1, 0.15) is 0 Å². The van der Waals surface area contributed by atoms with Crippen LogP contribution in [0.1, 0.15) is 62.7 Å². The van der Waals surface area contributed by atoms with Crippen LogP contribution in [0, 0.1) is 11.3 Å². The molecule has 2 aliphatic rings. The summed E-state index contributed by atoms with van der Waals surface area (Å²) < 4.78 is 5.45. The summed E-state index contributed by atoms with van der Waals surface area (Å²) in [6.07, 6.45) is 18.0. The molecule has 1 unspecified atom stereocenters. The van der Waals surface area contributed by atoms with E-state index in [-0.39, 0.29) is 23.4 Å². The zero-order valence-electron chi connectivity index (χ0n) is 18.8. The highest BCUT2D eigenvalue weighted by Gasteiger charge is 2.43. The van der Waals surface area contributed by atoms with Crippen molar-refractivity contribution in [2.24, 2.45) is 11.3 Å². The third-order valence-electron chi connectivity index (χ3n) is 6.88. The van der Waals surface area contributed by atoms with Crippen molar-refractivity contribution >= 4 is 28.9 Å². The van der Waals surface area contributed by atoms with Crippen LogP contribution in [0.5, 0.6) is 0 Å². The number of aliphatic hydroxyl groups excluding tert-OH is 2. The van der Waals surface area contributed by atoms with E-state index in [9.17, 15) is 15.0 Å². The third-order valence-corrected chi connectivity index (χ3v) is 8.11. The Balaban J connectivity index is 1.47. The van der Waals surface area contributed by atoms with Gasteiger partial charge in [-0.25, -0.2) is 0 Å². The smallest absolute Gasteiger partial charge is 0.305 e. The van der Waals surface area contributed by atoms with Crippen molar-refractivity contribution in [3.05, 3.63) is 57.3 Å². The predicted octanol–water partition coefficient (Wildman–Crippen LogP) is 6.02. The van der Waals surface area contributed by atoms with Crippen molar-refractivity contribution in [2.45, 2.75) is 76.4 Å². The van der Waals surface area contributed by atoms with E-state index in [2.05, 4.69) is 41.2 Å². The molecule has 6 heteroatoms. The first-order valence-corrected chi connectivity index (χ1v) is 12.8. The van der Waals surface area contributed by atoms with E-state index in [1.165, 1.54) is 24.0 Å². The van der Waals surface area contributed by atoms with Crippen molar-refractivity contribution in [1.82, 2.24) is 0 Å².